The zero-order chi connectivity index (χ0) is 19.8. The molecule has 6 nitrogen and oxygen atoms in total. The first-order valence-electron chi connectivity index (χ1n) is 8.64. The zero-order valence-electron chi connectivity index (χ0n) is 15.6. The summed E-state index contributed by atoms with van der Waals surface area (Å²) in [4.78, 5) is 26.3. The molecule has 0 radical (unpaired) electrons. The molecule has 7 heteroatoms. The summed E-state index contributed by atoms with van der Waals surface area (Å²) in [5, 5.41) is 5.74. The van der Waals surface area contributed by atoms with Crippen LogP contribution >= 0.6 is 12.2 Å². The molecule has 0 aromatic heterocycles. The summed E-state index contributed by atoms with van der Waals surface area (Å²) < 4.78 is 5.07. The average molecular weight is 385 g/mol. The number of hydrogen-bond acceptors (Lipinski definition) is 4. The Bertz CT molecular complexity index is 800. The molecule has 2 rings (SSSR count). The average Bonchev–Trinajstić information content (AvgIpc) is 2.69. The molecule has 27 heavy (non-hydrogen) atoms. The molecule has 2 aromatic carbocycles. The molecule has 0 unspecified atom stereocenters. The Hall–Kier alpha value is -2.93. The van der Waals surface area contributed by atoms with Crippen LogP contribution in [0.3, 0.4) is 0 Å². The fourth-order valence-corrected chi connectivity index (χ4v) is 2.68. The third-order valence-corrected chi connectivity index (χ3v) is 4.22. The summed E-state index contributed by atoms with van der Waals surface area (Å²) >= 11 is 5.18. The minimum Gasteiger partial charge on any atom is -0.497 e. The Kier molecular flexibility index (Phi) is 7.31. The standard InChI is InChI=1S/C20H23N3O3S/c1-4-23(5-2)19(25)15-6-10-16(11-7-15)21-20(27)22-18(24)14-8-12-17(26-3)13-9-14/h6-13H,4-5H2,1-3H3,(H2,21,22,24,27). The molecule has 0 bridgehead atoms. The van der Waals surface area contributed by atoms with Gasteiger partial charge < -0.3 is 15.0 Å². The van der Waals surface area contributed by atoms with Gasteiger partial charge in [-0.05, 0) is 74.6 Å². The number of thiocarbonyl (C=S) groups is 1. The summed E-state index contributed by atoms with van der Waals surface area (Å²) in [6.45, 7) is 5.22. The molecule has 0 saturated carbocycles. The van der Waals surface area contributed by atoms with Crippen molar-refractivity contribution in [2.75, 3.05) is 25.5 Å². The molecule has 2 N–H and O–H groups in total. The maximum atomic E-state index is 12.3. The van der Waals surface area contributed by atoms with E-state index in [2.05, 4.69) is 10.6 Å². The highest BCUT2D eigenvalue weighted by molar-refractivity contribution is 7.80. The van der Waals surface area contributed by atoms with Gasteiger partial charge in [-0.1, -0.05) is 0 Å². The first-order valence-corrected chi connectivity index (χ1v) is 9.05. The van der Waals surface area contributed by atoms with Crippen molar-refractivity contribution >= 4 is 34.8 Å². The van der Waals surface area contributed by atoms with Crippen molar-refractivity contribution in [2.24, 2.45) is 0 Å². The molecular weight excluding hydrogens is 362 g/mol. The van der Waals surface area contributed by atoms with Crippen LogP contribution in [0.5, 0.6) is 5.75 Å². The maximum Gasteiger partial charge on any atom is 0.257 e. The number of nitrogens with one attached hydrogen (secondary N) is 2. The van der Waals surface area contributed by atoms with Crippen molar-refractivity contribution in [1.82, 2.24) is 10.2 Å². The van der Waals surface area contributed by atoms with Crippen LogP contribution in [0.1, 0.15) is 34.6 Å². The third kappa shape index (κ3) is 5.52. The second kappa shape index (κ2) is 9.68. The Morgan fingerprint density at radius 1 is 0.963 bits per heavy atom. The maximum absolute atomic E-state index is 12.3. The number of nitrogens with zero attached hydrogens (tertiary/aromatic N) is 1. The molecule has 0 atom stereocenters. The van der Waals surface area contributed by atoms with E-state index in [0.29, 0.717) is 35.7 Å². The van der Waals surface area contributed by atoms with E-state index in [9.17, 15) is 9.59 Å². The Labute approximate surface area is 164 Å². The molecular formula is C20H23N3O3S. The molecule has 2 amide bonds. The van der Waals surface area contributed by atoms with Gasteiger partial charge >= 0.3 is 0 Å². The fraction of sp³-hybridized carbons (Fsp3) is 0.250. The van der Waals surface area contributed by atoms with E-state index >= 15 is 0 Å². The first-order chi connectivity index (χ1) is 13.0. The van der Waals surface area contributed by atoms with Gasteiger partial charge in [0.05, 0.1) is 7.11 Å². The Morgan fingerprint density at radius 2 is 1.52 bits per heavy atom. The predicted molar refractivity (Wildman–Crippen MR) is 110 cm³/mol. The van der Waals surface area contributed by atoms with Crippen molar-refractivity contribution in [3.8, 4) is 5.75 Å². The highest BCUT2D eigenvalue weighted by Gasteiger charge is 2.12. The number of benzene rings is 2. The second-order valence-corrected chi connectivity index (χ2v) is 6.10. The Balaban J connectivity index is 1.95. The quantitative estimate of drug-likeness (QED) is 0.747. The smallest absolute Gasteiger partial charge is 0.257 e. The van der Waals surface area contributed by atoms with Crippen LogP contribution in [0, 0.1) is 0 Å². The lowest BCUT2D eigenvalue weighted by atomic mass is 10.2. The summed E-state index contributed by atoms with van der Waals surface area (Å²) in [5.41, 5.74) is 1.77. The fourth-order valence-electron chi connectivity index (χ4n) is 2.47. The van der Waals surface area contributed by atoms with E-state index in [1.807, 2.05) is 13.8 Å². The lowest BCUT2D eigenvalue weighted by Crippen LogP contribution is -2.34. The summed E-state index contributed by atoms with van der Waals surface area (Å²) in [7, 11) is 1.56. The lowest BCUT2D eigenvalue weighted by molar-refractivity contribution is 0.0772. The van der Waals surface area contributed by atoms with Gasteiger partial charge in [-0.15, -0.1) is 0 Å². The van der Waals surface area contributed by atoms with Gasteiger partial charge in [0.2, 0.25) is 0 Å². The second-order valence-electron chi connectivity index (χ2n) is 5.69. The van der Waals surface area contributed by atoms with Crippen molar-refractivity contribution < 1.29 is 14.3 Å². The molecule has 2 aromatic rings. The van der Waals surface area contributed by atoms with E-state index in [1.165, 1.54) is 0 Å². The van der Waals surface area contributed by atoms with Crippen molar-refractivity contribution in [1.29, 1.82) is 0 Å². The van der Waals surface area contributed by atoms with Crippen LogP contribution in [-0.2, 0) is 0 Å². The molecule has 0 fully saturated rings. The predicted octanol–water partition coefficient (Wildman–Crippen LogP) is 3.30. The van der Waals surface area contributed by atoms with Crippen molar-refractivity contribution in [3.63, 3.8) is 0 Å². The van der Waals surface area contributed by atoms with Gasteiger partial charge in [-0.3, -0.25) is 14.9 Å². The Morgan fingerprint density at radius 3 is 2.04 bits per heavy atom. The van der Waals surface area contributed by atoms with E-state index < -0.39 is 0 Å². The van der Waals surface area contributed by atoms with E-state index in [-0.39, 0.29) is 16.9 Å². The lowest BCUT2D eigenvalue weighted by Gasteiger charge is -2.18. The number of carbonyl (C=O) groups is 2. The van der Waals surface area contributed by atoms with Crippen LogP contribution in [0.2, 0.25) is 0 Å². The summed E-state index contributed by atoms with van der Waals surface area (Å²) in [6, 6.07) is 13.7. The topological polar surface area (TPSA) is 70.7 Å². The van der Waals surface area contributed by atoms with Crippen LogP contribution < -0.4 is 15.4 Å². The number of methoxy groups -OCH3 is 1. The number of ether oxygens (including phenoxy) is 1. The van der Waals surface area contributed by atoms with E-state index in [1.54, 1.807) is 60.5 Å². The third-order valence-electron chi connectivity index (χ3n) is 4.02. The number of hydrogen-bond donors (Lipinski definition) is 2. The number of rotatable bonds is 6. The number of amides is 2. The molecule has 0 aliphatic carbocycles. The number of anilines is 1. The van der Waals surface area contributed by atoms with Gasteiger partial charge in [-0.25, -0.2) is 0 Å². The first kappa shape index (κ1) is 20.4. The minimum absolute atomic E-state index is 0.0121. The van der Waals surface area contributed by atoms with Gasteiger partial charge in [0.25, 0.3) is 11.8 Å². The van der Waals surface area contributed by atoms with Crippen LogP contribution in [-0.4, -0.2) is 42.0 Å². The van der Waals surface area contributed by atoms with E-state index in [0.717, 1.165) is 0 Å². The summed E-state index contributed by atoms with van der Waals surface area (Å²) in [6.07, 6.45) is 0. The van der Waals surface area contributed by atoms with Gasteiger partial charge in [0, 0.05) is 29.9 Å². The molecule has 0 heterocycles. The number of carbonyl (C=O) groups excluding carboxylic acids is 2. The molecule has 0 aliphatic heterocycles. The molecule has 0 spiro atoms. The van der Waals surface area contributed by atoms with Crippen LogP contribution in [0.4, 0.5) is 5.69 Å². The SMILES string of the molecule is CCN(CC)C(=O)c1ccc(NC(=S)NC(=O)c2ccc(OC)cc2)cc1. The van der Waals surface area contributed by atoms with E-state index in [4.69, 9.17) is 17.0 Å². The van der Waals surface area contributed by atoms with Gasteiger partial charge in [-0.2, -0.15) is 0 Å². The highest BCUT2D eigenvalue weighted by Crippen LogP contribution is 2.13. The molecule has 142 valence electrons. The largest absolute Gasteiger partial charge is 0.497 e. The normalized spacial score (nSPS) is 10.0. The highest BCUT2D eigenvalue weighted by atomic mass is 32.1. The monoisotopic (exact) mass is 385 g/mol. The van der Waals surface area contributed by atoms with Crippen molar-refractivity contribution in [2.45, 2.75) is 13.8 Å². The van der Waals surface area contributed by atoms with Crippen LogP contribution in [0.15, 0.2) is 48.5 Å². The van der Waals surface area contributed by atoms with Crippen LogP contribution in [0.25, 0.3) is 0 Å². The summed E-state index contributed by atoms with van der Waals surface area (Å²) in [5.74, 6) is 0.344. The van der Waals surface area contributed by atoms with Gasteiger partial charge in [0.1, 0.15) is 5.75 Å². The van der Waals surface area contributed by atoms with Gasteiger partial charge in [0.15, 0.2) is 5.11 Å². The minimum atomic E-state index is -0.316. The molecule has 0 saturated heterocycles. The van der Waals surface area contributed by atoms with Crippen molar-refractivity contribution in [3.05, 3.63) is 59.7 Å². The zero-order valence-corrected chi connectivity index (χ0v) is 16.4. The molecule has 0 aliphatic rings.